The van der Waals surface area contributed by atoms with Crippen LogP contribution in [0.5, 0.6) is 5.88 Å². The molecule has 0 saturated heterocycles. The number of hydrogen-bond donors (Lipinski definition) is 1. The third kappa shape index (κ3) is 1.83. The van der Waals surface area contributed by atoms with Gasteiger partial charge in [0.15, 0.2) is 0 Å². The van der Waals surface area contributed by atoms with Crippen LogP contribution in [0.25, 0.3) is 0 Å². The first kappa shape index (κ1) is 11.2. The van der Waals surface area contributed by atoms with Gasteiger partial charge in [-0.3, -0.25) is 18.9 Å². The summed E-state index contributed by atoms with van der Waals surface area (Å²) in [7, 11) is 2.74. The number of nitrogens with zero attached hydrogens (tertiary/aromatic N) is 3. The molecule has 1 rings (SSSR count). The van der Waals surface area contributed by atoms with E-state index in [9.17, 15) is 14.7 Å². The van der Waals surface area contributed by atoms with E-state index in [1.54, 1.807) is 6.92 Å². The van der Waals surface area contributed by atoms with Gasteiger partial charge in [-0.05, 0) is 6.92 Å². The first-order valence-corrected chi connectivity index (χ1v) is 4.49. The van der Waals surface area contributed by atoms with Crippen molar-refractivity contribution in [2.45, 2.75) is 6.92 Å². The van der Waals surface area contributed by atoms with E-state index >= 15 is 0 Å². The van der Waals surface area contributed by atoms with E-state index in [1.165, 1.54) is 20.3 Å². The van der Waals surface area contributed by atoms with E-state index in [0.29, 0.717) is 6.54 Å². The van der Waals surface area contributed by atoms with Crippen molar-refractivity contribution in [3.63, 3.8) is 0 Å². The average molecular weight is 211 g/mol. The van der Waals surface area contributed by atoms with Crippen molar-refractivity contribution >= 4 is 6.21 Å². The number of aromatic nitrogens is 2. The lowest BCUT2D eigenvalue weighted by Crippen LogP contribution is -2.38. The fourth-order valence-corrected chi connectivity index (χ4v) is 1.15. The molecule has 0 radical (unpaired) electrons. The van der Waals surface area contributed by atoms with Crippen molar-refractivity contribution in [2.24, 2.45) is 19.1 Å². The average Bonchev–Trinajstić information content (AvgIpc) is 2.24. The van der Waals surface area contributed by atoms with Crippen LogP contribution in [0, 0.1) is 0 Å². The second-order valence-corrected chi connectivity index (χ2v) is 3.07. The Labute approximate surface area is 86.1 Å². The minimum atomic E-state index is -0.564. The molecule has 6 nitrogen and oxygen atoms in total. The fourth-order valence-electron chi connectivity index (χ4n) is 1.15. The summed E-state index contributed by atoms with van der Waals surface area (Å²) in [6.07, 6.45) is 1.27. The SMILES string of the molecule is CCN=Cc1c(O)n(C)c(=O)n(C)c1=O. The molecule has 0 aliphatic carbocycles. The number of aliphatic imine (C=N–C) groups is 1. The summed E-state index contributed by atoms with van der Waals surface area (Å²) in [5.74, 6) is -0.361. The van der Waals surface area contributed by atoms with Crippen molar-refractivity contribution in [1.82, 2.24) is 9.13 Å². The summed E-state index contributed by atoms with van der Waals surface area (Å²) < 4.78 is 1.93. The van der Waals surface area contributed by atoms with Crippen LogP contribution in [0.1, 0.15) is 12.5 Å². The Morgan fingerprint density at radius 1 is 1.33 bits per heavy atom. The van der Waals surface area contributed by atoms with Gasteiger partial charge in [0.25, 0.3) is 5.56 Å². The molecular formula is C9H13N3O3. The standard InChI is InChI=1S/C9H13N3O3/c1-4-10-5-6-7(13)11(2)9(15)12(3)8(6)14/h5,13H,4H2,1-3H3. The summed E-state index contributed by atoms with van der Waals surface area (Å²) in [5, 5.41) is 9.57. The van der Waals surface area contributed by atoms with Gasteiger partial charge in [0, 0.05) is 26.9 Å². The second kappa shape index (κ2) is 4.12. The molecule has 0 atom stereocenters. The maximum Gasteiger partial charge on any atom is 0.333 e. The quantitative estimate of drug-likeness (QED) is 0.652. The maximum absolute atomic E-state index is 11.6. The molecule has 0 amide bonds. The highest BCUT2D eigenvalue weighted by Crippen LogP contribution is 2.05. The van der Waals surface area contributed by atoms with Crippen LogP contribution >= 0.6 is 0 Å². The van der Waals surface area contributed by atoms with E-state index in [2.05, 4.69) is 4.99 Å². The smallest absolute Gasteiger partial charge is 0.333 e. The normalized spacial score (nSPS) is 11.1. The maximum atomic E-state index is 11.6. The molecule has 1 aromatic rings. The number of rotatable bonds is 2. The highest BCUT2D eigenvalue weighted by molar-refractivity contribution is 5.81. The number of aromatic hydroxyl groups is 1. The van der Waals surface area contributed by atoms with Gasteiger partial charge in [0.05, 0.1) is 0 Å². The number of hydrogen-bond acceptors (Lipinski definition) is 4. The highest BCUT2D eigenvalue weighted by atomic mass is 16.3. The third-order valence-electron chi connectivity index (χ3n) is 2.07. The van der Waals surface area contributed by atoms with Crippen molar-refractivity contribution in [1.29, 1.82) is 0 Å². The van der Waals surface area contributed by atoms with Gasteiger partial charge in [-0.1, -0.05) is 0 Å². The first-order chi connectivity index (χ1) is 7.00. The van der Waals surface area contributed by atoms with Crippen LogP contribution in [0.4, 0.5) is 0 Å². The molecule has 0 unspecified atom stereocenters. The Morgan fingerprint density at radius 2 is 1.93 bits per heavy atom. The van der Waals surface area contributed by atoms with Gasteiger partial charge in [0.1, 0.15) is 5.56 Å². The van der Waals surface area contributed by atoms with E-state index in [0.717, 1.165) is 9.13 Å². The second-order valence-electron chi connectivity index (χ2n) is 3.07. The van der Waals surface area contributed by atoms with Crippen LogP contribution < -0.4 is 11.2 Å². The molecule has 0 spiro atoms. The summed E-state index contributed by atoms with van der Waals surface area (Å²) in [6, 6.07) is 0. The van der Waals surface area contributed by atoms with Gasteiger partial charge in [0.2, 0.25) is 5.88 Å². The molecule has 0 fully saturated rings. The minimum Gasteiger partial charge on any atom is -0.494 e. The van der Waals surface area contributed by atoms with Crippen molar-refractivity contribution in [3.8, 4) is 5.88 Å². The Bertz CT molecular complexity index is 511. The van der Waals surface area contributed by atoms with Gasteiger partial charge in [-0.2, -0.15) is 0 Å². The topological polar surface area (TPSA) is 76.6 Å². The largest absolute Gasteiger partial charge is 0.494 e. The van der Waals surface area contributed by atoms with Crippen LogP contribution in [-0.2, 0) is 14.1 Å². The molecule has 0 aromatic carbocycles. The molecule has 1 heterocycles. The van der Waals surface area contributed by atoms with Gasteiger partial charge in [-0.15, -0.1) is 0 Å². The minimum absolute atomic E-state index is 0.0291. The summed E-state index contributed by atoms with van der Waals surface area (Å²) in [5.41, 5.74) is -1.08. The molecule has 0 saturated carbocycles. The van der Waals surface area contributed by atoms with E-state index in [1.807, 2.05) is 0 Å². The molecule has 15 heavy (non-hydrogen) atoms. The summed E-state index contributed by atoms with van der Waals surface area (Å²) in [6.45, 7) is 2.31. The van der Waals surface area contributed by atoms with Crippen LogP contribution in [0.2, 0.25) is 0 Å². The lowest BCUT2D eigenvalue weighted by atomic mass is 10.3. The molecule has 1 aromatic heterocycles. The van der Waals surface area contributed by atoms with Crippen molar-refractivity contribution in [3.05, 3.63) is 26.4 Å². The Balaban J connectivity index is 3.60. The zero-order valence-corrected chi connectivity index (χ0v) is 8.89. The molecule has 0 aliphatic rings. The van der Waals surface area contributed by atoms with Crippen LogP contribution in [-0.4, -0.2) is 27.0 Å². The predicted molar refractivity (Wildman–Crippen MR) is 56.7 cm³/mol. The van der Waals surface area contributed by atoms with E-state index in [4.69, 9.17) is 0 Å². The summed E-state index contributed by atoms with van der Waals surface area (Å²) in [4.78, 5) is 26.8. The monoisotopic (exact) mass is 211 g/mol. The molecule has 0 aliphatic heterocycles. The van der Waals surface area contributed by atoms with Crippen molar-refractivity contribution < 1.29 is 5.11 Å². The van der Waals surface area contributed by atoms with E-state index < -0.39 is 11.2 Å². The van der Waals surface area contributed by atoms with Crippen molar-refractivity contribution in [2.75, 3.05) is 6.54 Å². The summed E-state index contributed by atoms with van der Waals surface area (Å²) >= 11 is 0. The van der Waals surface area contributed by atoms with Gasteiger partial charge >= 0.3 is 5.69 Å². The predicted octanol–water partition coefficient (Wildman–Crippen LogP) is -0.772. The Morgan fingerprint density at radius 3 is 2.47 bits per heavy atom. The first-order valence-electron chi connectivity index (χ1n) is 4.49. The van der Waals surface area contributed by atoms with E-state index in [-0.39, 0.29) is 11.4 Å². The van der Waals surface area contributed by atoms with Crippen LogP contribution in [0.15, 0.2) is 14.6 Å². The zero-order valence-electron chi connectivity index (χ0n) is 8.89. The van der Waals surface area contributed by atoms with Gasteiger partial charge in [-0.25, -0.2) is 4.79 Å². The molecule has 82 valence electrons. The Kier molecular flexibility index (Phi) is 3.08. The fraction of sp³-hybridized carbons (Fsp3) is 0.444. The van der Waals surface area contributed by atoms with Gasteiger partial charge < -0.3 is 5.11 Å². The lowest BCUT2D eigenvalue weighted by molar-refractivity contribution is 0.410. The van der Waals surface area contributed by atoms with Crippen LogP contribution in [0.3, 0.4) is 0 Å². The lowest BCUT2D eigenvalue weighted by Gasteiger charge is -2.06. The zero-order chi connectivity index (χ0) is 11.6. The highest BCUT2D eigenvalue weighted by Gasteiger charge is 2.12. The molecule has 0 bridgehead atoms. The molecule has 6 heteroatoms. The third-order valence-corrected chi connectivity index (χ3v) is 2.07. The Hall–Kier alpha value is -1.85. The molecular weight excluding hydrogens is 198 g/mol. The molecule has 1 N–H and O–H groups in total.